The van der Waals surface area contributed by atoms with Gasteiger partial charge in [0.2, 0.25) is 0 Å². The molecule has 0 fully saturated rings. The van der Waals surface area contributed by atoms with Gasteiger partial charge in [0.1, 0.15) is 11.1 Å². The SMILES string of the molecule is CCOCC(C)Oc1nnc(CNC(C)(C)C)s1. The summed E-state index contributed by atoms with van der Waals surface area (Å²) in [6, 6.07) is 0. The molecular weight excluding hydrogens is 250 g/mol. The molecule has 1 N–H and O–H groups in total. The predicted octanol–water partition coefficient (Wildman–Crippen LogP) is 2.23. The molecule has 0 spiro atoms. The van der Waals surface area contributed by atoms with E-state index >= 15 is 0 Å². The average molecular weight is 273 g/mol. The van der Waals surface area contributed by atoms with Gasteiger partial charge in [0, 0.05) is 12.1 Å². The zero-order valence-corrected chi connectivity index (χ0v) is 12.6. The van der Waals surface area contributed by atoms with Crippen LogP contribution in [0.1, 0.15) is 39.6 Å². The van der Waals surface area contributed by atoms with Crippen molar-refractivity contribution in [3.63, 3.8) is 0 Å². The molecule has 104 valence electrons. The summed E-state index contributed by atoms with van der Waals surface area (Å²) >= 11 is 1.47. The molecule has 0 saturated carbocycles. The summed E-state index contributed by atoms with van der Waals surface area (Å²) in [6.07, 6.45) is 0.00123. The molecule has 0 aliphatic heterocycles. The van der Waals surface area contributed by atoms with Crippen molar-refractivity contribution in [2.24, 2.45) is 0 Å². The molecule has 18 heavy (non-hydrogen) atoms. The molecule has 0 radical (unpaired) electrons. The molecule has 0 bridgehead atoms. The molecule has 1 atom stereocenters. The molecule has 1 unspecified atom stereocenters. The highest BCUT2D eigenvalue weighted by molar-refractivity contribution is 7.13. The second-order valence-corrected chi connectivity index (χ2v) is 6.18. The molecule has 6 heteroatoms. The maximum atomic E-state index is 5.62. The van der Waals surface area contributed by atoms with E-state index in [1.165, 1.54) is 11.3 Å². The molecule has 0 amide bonds. The third kappa shape index (κ3) is 6.28. The normalized spacial score (nSPS) is 13.6. The molecule has 0 saturated heterocycles. The highest BCUT2D eigenvalue weighted by Gasteiger charge is 2.13. The van der Waals surface area contributed by atoms with Crippen LogP contribution in [0, 0.1) is 0 Å². The Bertz CT molecular complexity index is 349. The van der Waals surface area contributed by atoms with E-state index in [1.807, 2.05) is 13.8 Å². The second-order valence-electron chi connectivity index (χ2n) is 5.15. The molecule has 0 aliphatic carbocycles. The van der Waals surface area contributed by atoms with Gasteiger partial charge >= 0.3 is 0 Å². The number of nitrogens with one attached hydrogen (secondary N) is 1. The van der Waals surface area contributed by atoms with Gasteiger partial charge in [0.05, 0.1) is 13.2 Å². The van der Waals surface area contributed by atoms with E-state index in [-0.39, 0.29) is 11.6 Å². The van der Waals surface area contributed by atoms with E-state index in [0.717, 1.165) is 5.01 Å². The Kier molecular flexibility index (Phi) is 5.98. The standard InChI is InChI=1S/C12H23N3O2S/c1-6-16-8-9(2)17-11-15-14-10(18-11)7-13-12(3,4)5/h9,13H,6-8H2,1-5H3. The van der Waals surface area contributed by atoms with E-state index in [1.54, 1.807) is 0 Å². The van der Waals surface area contributed by atoms with Gasteiger partial charge in [-0.15, -0.1) is 5.10 Å². The smallest absolute Gasteiger partial charge is 0.294 e. The van der Waals surface area contributed by atoms with Crippen LogP contribution in [0.3, 0.4) is 0 Å². The van der Waals surface area contributed by atoms with Gasteiger partial charge in [-0.2, -0.15) is 0 Å². The molecule has 5 nitrogen and oxygen atoms in total. The van der Waals surface area contributed by atoms with E-state index in [4.69, 9.17) is 9.47 Å². The van der Waals surface area contributed by atoms with Crippen LogP contribution >= 0.6 is 11.3 Å². The first-order chi connectivity index (χ1) is 8.40. The van der Waals surface area contributed by atoms with Gasteiger partial charge in [0.25, 0.3) is 5.19 Å². The van der Waals surface area contributed by atoms with E-state index in [9.17, 15) is 0 Å². The minimum atomic E-state index is 0.00123. The monoisotopic (exact) mass is 273 g/mol. The summed E-state index contributed by atoms with van der Waals surface area (Å²) in [5, 5.41) is 13.0. The van der Waals surface area contributed by atoms with Crippen LogP contribution in [0.25, 0.3) is 0 Å². The Hall–Kier alpha value is -0.720. The summed E-state index contributed by atoms with van der Waals surface area (Å²) in [5.41, 5.74) is 0.0783. The topological polar surface area (TPSA) is 56.3 Å². The molecule has 1 rings (SSSR count). The third-order valence-corrected chi connectivity index (χ3v) is 2.89. The number of hydrogen-bond donors (Lipinski definition) is 1. The maximum absolute atomic E-state index is 5.62. The van der Waals surface area contributed by atoms with Gasteiger partial charge < -0.3 is 14.8 Å². The number of ether oxygens (including phenoxy) is 2. The Morgan fingerprint density at radius 2 is 2.06 bits per heavy atom. The van der Waals surface area contributed by atoms with Crippen molar-refractivity contribution in [3.05, 3.63) is 5.01 Å². The van der Waals surface area contributed by atoms with Crippen LogP contribution in [0.4, 0.5) is 0 Å². The molecule has 1 heterocycles. The van der Waals surface area contributed by atoms with Crippen molar-refractivity contribution in [2.75, 3.05) is 13.2 Å². The zero-order valence-electron chi connectivity index (χ0n) is 11.8. The molecule has 0 aromatic carbocycles. The third-order valence-electron chi connectivity index (χ3n) is 2.08. The highest BCUT2D eigenvalue weighted by Crippen LogP contribution is 2.19. The Morgan fingerprint density at radius 1 is 1.33 bits per heavy atom. The van der Waals surface area contributed by atoms with Gasteiger partial charge in [0.15, 0.2) is 0 Å². The Labute approximate surface area is 113 Å². The van der Waals surface area contributed by atoms with Crippen molar-refractivity contribution >= 4 is 11.3 Å². The summed E-state index contributed by atoms with van der Waals surface area (Å²) in [7, 11) is 0. The lowest BCUT2D eigenvalue weighted by atomic mass is 10.1. The fraction of sp³-hybridized carbons (Fsp3) is 0.833. The largest absolute Gasteiger partial charge is 0.463 e. The predicted molar refractivity (Wildman–Crippen MR) is 73.1 cm³/mol. The molecule has 0 aliphatic rings. The van der Waals surface area contributed by atoms with Crippen molar-refractivity contribution in [1.82, 2.24) is 15.5 Å². The van der Waals surface area contributed by atoms with E-state index in [2.05, 4.69) is 36.3 Å². The van der Waals surface area contributed by atoms with Crippen LogP contribution in [-0.4, -0.2) is 35.1 Å². The summed E-state index contributed by atoms with van der Waals surface area (Å²) in [5.74, 6) is 0. The van der Waals surface area contributed by atoms with Crippen molar-refractivity contribution in [2.45, 2.75) is 52.8 Å². The summed E-state index contributed by atoms with van der Waals surface area (Å²) < 4.78 is 10.9. The minimum absolute atomic E-state index is 0.00123. The Morgan fingerprint density at radius 3 is 2.67 bits per heavy atom. The first-order valence-electron chi connectivity index (χ1n) is 6.22. The van der Waals surface area contributed by atoms with Crippen LogP contribution in [0.15, 0.2) is 0 Å². The van der Waals surface area contributed by atoms with Gasteiger partial charge in [-0.3, -0.25) is 0 Å². The molecule has 1 aromatic heterocycles. The van der Waals surface area contributed by atoms with Crippen molar-refractivity contribution in [1.29, 1.82) is 0 Å². The fourth-order valence-electron chi connectivity index (χ4n) is 1.19. The maximum Gasteiger partial charge on any atom is 0.294 e. The lowest BCUT2D eigenvalue weighted by Gasteiger charge is -2.19. The van der Waals surface area contributed by atoms with Gasteiger partial charge in [-0.25, -0.2) is 0 Å². The van der Waals surface area contributed by atoms with E-state index in [0.29, 0.717) is 25.0 Å². The first kappa shape index (κ1) is 15.3. The summed E-state index contributed by atoms with van der Waals surface area (Å²) in [4.78, 5) is 0. The first-order valence-corrected chi connectivity index (χ1v) is 7.04. The zero-order chi connectivity index (χ0) is 13.6. The molecular formula is C12H23N3O2S. The van der Waals surface area contributed by atoms with Crippen LogP contribution in [0.2, 0.25) is 0 Å². The van der Waals surface area contributed by atoms with Crippen LogP contribution in [-0.2, 0) is 11.3 Å². The minimum Gasteiger partial charge on any atom is -0.463 e. The number of nitrogens with zero attached hydrogens (tertiary/aromatic N) is 2. The highest BCUT2D eigenvalue weighted by atomic mass is 32.1. The number of aromatic nitrogens is 2. The fourth-order valence-corrected chi connectivity index (χ4v) is 1.91. The van der Waals surface area contributed by atoms with E-state index < -0.39 is 0 Å². The van der Waals surface area contributed by atoms with Crippen LogP contribution < -0.4 is 10.1 Å². The van der Waals surface area contributed by atoms with Gasteiger partial charge in [-0.1, -0.05) is 16.4 Å². The van der Waals surface area contributed by atoms with Crippen molar-refractivity contribution in [3.8, 4) is 5.19 Å². The lowest BCUT2D eigenvalue weighted by molar-refractivity contribution is 0.0652. The van der Waals surface area contributed by atoms with Gasteiger partial charge in [-0.05, 0) is 34.6 Å². The van der Waals surface area contributed by atoms with Crippen LogP contribution in [0.5, 0.6) is 5.19 Å². The quantitative estimate of drug-likeness (QED) is 0.825. The molecule has 1 aromatic rings. The lowest BCUT2D eigenvalue weighted by Crippen LogP contribution is -2.35. The summed E-state index contributed by atoms with van der Waals surface area (Å²) in [6.45, 7) is 12.3. The Balaban J connectivity index is 2.38. The number of rotatable bonds is 7. The second kappa shape index (κ2) is 7.01. The average Bonchev–Trinajstić information content (AvgIpc) is 2.70. The number of hydrogen-bond acceptors (Lipinski definition) is 6. The van der Waals surface area contributed by atoms with Crippen molar-refractivity contribution < 1.29 is 9.47 Å².